The maximum absolute atomic E-state index is 5.81. The van der Waals surface area contributed by atoms with Crippen LogP contribution in [0.4, 0.5) is 11.9 Å². The van der Waals surface area contributed by atoms with Gasteiger partial charge in [0.2, 0.25) is 11.9 Å². The molecule has 1 saturated heterocycles. The van der Waals surface area contributed by atoms with E-state index in [1.807, 2.05) is 12.1 Å². The molecule has 0 saturated carbocycles. The van der Waals surface area contributed by atoms with Crippen LogP contribution in [0.15, 0.2) is 34.6 Å². The first-order chi connectivity index (χ1) is 9.81. The minimum Gasteiger partial charge on any atom is -0.368 e. The van der Waals surface area contributed by atoms with Gasteiger partial charge in [-0.25, -0.2) is 0 Å². The van der Waals surface area contributed by atoms with Crippen LogP contribution in [-0.2, 0) is 0 Å². The van der Waals surface area contributed by atoms with Gasteiger partial charge in [-0.05, 0) is 43.2 Å². The van der Waals surface area contributed by atoms with Gasteiger partial charge >= 0.3 is 0 Å². The second-order valence-electron chi connectivity index (χ2n) is 4.61. The molecule has 1 aliphatic heterocycles. The molecule has 0 aliphatic carbocycles. The monoisotopic (exact) mass is 288 g/mol. The number of hydrogen-bond acceptors (Lipinski definition) is 7. The third-order valence-corrected chi connectivity index (χ3v) is 3.99. The Balaban J connectivity index is 1.82. The van der Waals surface area contributed by atoms with Crippen LogP contribution in [-0.4, -0.2) is 33.0 Å². The SMILES string of the molecule is Nc1nc(Sc2ccncc2)nc(N2CCCCC2)n1. The van der Waals surface area contributed by atoms with Crippen LogP contribution in [0.25, 0.3) is 0 Å². The van der Waals surface area contributed by atoms with Crippen molar-refractivity contribution < 1.29 is 0 Å². The lowest BCUT2D eigenvalue weighted by atomic mass is 10.1. The molecule has 2 aromatic heterocycles. The maximum atomic E-state index is 5.81. The summed E-state index contributed by atoms with van der Waals surface area (Å²) >= 11 is 1.47. The zero-order valence-electron chi connectivity index (χ0n) is 11.1. The van der Waals surface area contributed by atoms with E-state index in [0.29, 0.717) is 11.1 Å². The Morgan fingerprint density at radius 1 is 1.00 bits per heavy atom. The van der Waals surface area contributed by atoms with E-state index >= 15 is 0 Å². The van der Waals surface area contributed by atoms with E-state index in [9.17, 15) is 0 Å². The summed E-state index contributed by atoms with van der Waals surface area (Å²) in [5, 5.41) is 0.629. The summed E-state index contributed by atoms with van der Waals surface area (Å²) in [6, 6.07) is 3.84. The molecule has 0 aromatic carbocycles. The lowest BCUT2D eigenvalue weighted by Crippen LogP contribution is -2.31. The minimum atomic E-state index is 0.275. The second kappa shape index (κ2) is 6.04. The Bertz CT molecular complexity index is 570. The van der Waals surface area contributed by atoms with Crippen LogP contribution in [0, 0.1) is 0 Å². The molecule has 0 radical (unpaired) electrons. The number of pyridine rings is 1. The highest BCUT2D eigenvalue weighted by molar-refractivity contribution is 7.99. The topological polar surface area (TPSA) is 80.8 Å². The first-order valence-corrected chi connectivity index (χ1v) is 7.47. The first-order valence-electron chi connectivity index (χ1n) is 6.66. The predicted molar refractivity (Wildman–Crippen MR) is 78.7 cm³/mol. The van der Waals surface area contributed by atoms with Crippen molar-refractivity contribution in [1.29, 1.82) is 0 Å². The molecule has 0 bridgehead atoms. The Hall–Kier alpha value is -1.89. The van der Waals surface area contributed by atoms with Gasteiger partial charge in [0.1, 0.15) is 0 Å². The second-order valence-corrected chi connectivity index (χ2v) is 5.65. The number of nitrogens with zero attached hydrogens (tertiary/aromatic N) is 5. The summed E-state index contributed by atoms with van der Waals surface area (Å²) in [4.78, 5) is 20.2. The van der Waals surface area contributed by atoms with Crippen molar-refractivity contribution in [1.82, 2.24) is 19.9 Å². The summed E-state index contributed by atoms with van der Waals surface area (Å²) in [7, 11) is 0. The molecule has 0 spiro atoms. The van der Waals surface area contributed by atoms with E-state index in [0.717, 1.165) is 18.0 Å². The maximum Gasteiger partial charge on any atom is 0.231 e. The fourth-order valence-corrected chi connectivity index (χ4v) is 2.89. The predicted octanol–water partition coefficient (Wildman–Crippen LogP) is 1.99. The zero-order valence-corrected chi connectivity index (χ0v) is 11.9. The molecule has 0 atom stereocenters. The molecular weight excluding hydrogens is 272 g/mol. The molecular formula is C13H16N6S. The summed E-state index contributed by atoms with van der Waals surface area (Å²) in [6.45, 7) is 1.98. The molecule has 2 aromatic rings. The quantitative estimate of drug-likeness (QED) is 0.925. The van der Waals surface area contributed by atoms with Crippen molar-refractivity contribution in [2.75, 3.05) is 23.7 Å². The van der Waals surface area contributed by atoms with Crippen LogP contribution in [0.2, 0.25) is 0 Å². The number of hydrogen-bond donors (Lipinski definition) is 1. The van der Waals surface area contributed by atoms with Gasteiger partial charge in [-0.2, -0.15) is 15.0 Å². The highest BCUT2D eigenvalue weighted by Gasteiger charge is 2.15. The van der Waals surface area contributed by atoms with E-state index in [2.05, 4.69) is 24.8 Å². The van der Waals surface area contributed by atoms with E-state index in [1.165, 1.54) is 31.0 Å². The smallest absolute Gasteiger partial charge is 0.231 e. The van der Waals surface area contributed by atoms with Crippen molar-refractivity contribution in [3.8, 4) is 0 Å². The Morgan fingerprint density at radius 2 is 1.75 bits per heavy atom. The lowest BCUT2D eigenvalue weighted by molar-refractivity contribution is 0.565. The van der Waals surface area contributed by atoms with E-state index in [4.69, 9.17) is 5.73 Å². The highest BCUT2D eigenvalue weighted by atomic mass is 32.2. The van der Waals surface area contributed by atoms with E-state index in [-0.39, 0.29) is 5.95 Å². The molecule has 0 unspecified atom stereocenters. The number of nitrogens with two attached hydrogens (primary N) is 1. The molecule has 20 heavy (non-hydrogen) atoms. The molecule has 2 N–H and O–H groups in total. The number of rotatable bonds is 3. The molecule has 104 valence electrons. The van der Waals surface area contributed by atoms with Gasteiger partial charge in [0.05, 0.1) is 0 Å². The van der Waals surface area contributed by atoms with Crippen molar-refractivity contribution in [2.45, 2.75) is 29.3 Å². The van der Waals surface area contributed by atoms with Crippen LogP contribution in [0.1, 0.15) is 19.3 Å². The van der Waals surface area contributed by atoms with Gasteiger partial charge in [-0.1, -0.05) is 0 Å². The minimum absolute atomic E-state index is 0.275. The number of aromatic nitrogens is 4. The Labute approximate surface area is 121 Å². The molecule has 1 fully saturated rings. The van der Waals surface area contributed by atoms with Crippen LogP contribution in [0.5, 0.6) is 0 Å². The third kappa shape index (κ3) is 3.16. The molecule has 6 nitrogen and oxygen atoms in total. The van der Waals surface area contributed by atoms with Crippen LogP contribution >= 0.6 is 11.8 Å². The Morgan fingerprint density at radius 3 is 2.50 bits per heavy atom. The van der Waals surface area contributed by atoms with Crippen LogP contribution in [0.3, 0.4) is 0 Å². The Kier molecular flexibility index (Phi) is 3.96. The van der Waals surface area contributed by atoms with Gasteiger partial charge in [0.25, 0.3) is 0 Å². The summed E-state index contributed by atoms with van der Waals surface area (Å²) in [5.74, 6) is 0.964. The van der Waals surface area contributed by atoms with Crippen molar-refractivity contribution >= 4 is 23.7 Å². The number of anilines is 2. The first kappa shape index (κ1) is 13.1. The van der Waals surface area contributed by atoms with Crippen molar-refractivity contribution in [2.24, 2.45) is 0 Å². The van der Waals surface area contributed by atoms with Gasteiger partial charge < -0.3 is 10.6 Å². The summed E-state index contributed by atoms with van der Waals surface area (Å²) in [5.41, 5.74) is 5.81. The third-order valence-electron chi connectivity index (χ3n) is 3.12. The average molecular weight is 288 g/mol. The van der Waals surface area contributed by atoms with Gasteiger partial charge in [0, 0.05) is 30.4 Å². The van der Waals surface area contributed by atoms with E-state index < -0.39 is 0 Å². The highest BCUT2D eigenvalue weighted by Crippen LogP contribution is 2.26. The van der Waals surface area contributed by atoms with E-state index in [1.54, 1.807) is 12.4 Å². The molecule has 3 rings (SSSR count). The summed E-state index contributed by atoms with van der Waals surface area (Å²) < 4.78 is 0. The molecule has 7 heteroatoms. The standard InChI is InChI=1S/C13H16N6S/c14-11-16-12(19-8-2-1-3-9-19)18-13(17-11)20-10-4-6-15-7-5-10/h4-7H,1-3,8-9H2,(H2,14,16,17,18). The molecule has 3 heterocycles. The fourth-order valence-electron chi connectivity index (χ4n) is 2.15. The average Bonchev–Trinajstić information content (AvgIpc) is 2.49. The fraction of sp³-hybridized carbons (Fsp3) is 0.385. The molecule has 0 amide bonds. The summed E-state index contributed by atoms with van der Waals surface area (Å²) in [6.07, 6.45) is 7.13. The zero-order chi connectivity index (χ0) is 13.8. The lowest BCUT2D eigenvalue weighted by Gasteiger charge is -2.26. The normalized spacial score (nSPS) is 15.3. The van der Waals surface area contributed by atoms with Crippen LogP contribution < -0.4 is 10.6 Å². The largest absolute Gasteiger partial charge is 0.368 e. The number of piperidine rings is 1. The molecule has 1 aliphatic rings. The van der Waals surface area contributed by atoms with Gasteiger partial charge in [-0.15, -0.1) is 0 Å². The number of nitrogen functional groups attached to an aromatic ring is 1. The van der Waals surface area contributed by atoms with Crippen molar-refractivity contribution in [3.05, 3.63) is 24.5 Å². The van der Waals surface area contributed by atoms with Gasteiger partial charge in [-0.3, -0.25) is 4.98 Å². The van der Waals surface area contributed by atoms with Gasteiger partial charge in [0.15, 0.2) is 5.16 Å². The van der Waals surface area contributed by atoms with Crippen molar-refractivity contribution in [3.63, 3.8) is 0 Å².